The highest BCUT2D eigenvalue weighted by Crippen LogP contribution is 2.19. The molecule has 1 aromatic heterocycles. The summed E-state index contributed by atoms with van der Waals surface area (Å²) in [5.74, 6) is 0. The van der Waals surface area contributed by atoms with Gasteiger partial charge in [-0.25, -0.2) is 4.98 Å². The SMILES string of the molecule is CCc1cc([N+](=O)[O-])cnc1Br. The van der Waals surface area contributed by atoms with Crippen LogP contribution in [0.4, 0.5) is 5.69 Å². The van der Waals surface area contributed by atoms with Crippen LogP contribution in [0.15, 0.2) is 16.9 Å². The summed E-state index contributed by atoms with van der Waals surface area (Å²) >= 11 is 3.21. The lowest BCUT2D eigenvalue weighted by Gasteiger charge is -1.98. The maximum atomic E-state index is 10.3. The van der Waals surface area contributed by atoms with E-state index < -0.39 is 4.92 Å². The van der Waals surface area contributed by atoms with E-state index in [1.807, 2.05) is 6.92 Å². The van der Waals surface area contributed by atoms with E-state index in [1.165, 1.54) is 12.3 Å². The molecule has 0 aliphatic heterocycles. The molecule has 0 unspecified atom stereocenters. The second kappa shape index (κ2) is 3.62. The van der Waals surface area contributed by atoms with Gasteiger partial charge >= 0.3 is 0 Å². The summed E-state index contributed by atoms with van der Waals surface area (Å²) in [6.07, 6.45) is 1.97. The van der Waals surface area contributed by atoms with E-state index >= 15 is 0 Å². The molecule has 5 heteroatoms. The summed E-state index contributed by atoms with van der Waals surface area (Å²) in [6, 6.07) is 1.52. The quantitative estimate of drug-likeness (QED) is 0.445. The molecule has 0 radical (unpaired) electrons. The maximum absolute atomic E-state index is 10.3. The van der Waals surface area contributed by atoms with Gasteiger partial charge in [-0.1, -0.05) is 6.92 Å². The summed E-state index contributed by atoms with van der Waals surface area (Å²) in [4.78, 5) is 13.7. The van der Waals surface area contributed by atoms with Crippen LogP contribution in [0.3, 0.4) is 0 Å². The average Bonchev–Trinajstić information content (AvgIpc) is 2.05. The molecule has 0 spiro atoms. The minimum Gasteiger partial charge on any atom is -0.258 e. The van der Waals surface area contributed by atoms with Gasteiger partial charge in [-0.2, -0.15) is 0 Å². The lowest BCUT2D eigenvalue weighted by molar-refractivity contribution is -0.385. The summed E-state index contributed by atoms with van der Waals surface area (Å²) in [7, 11) is 0. The van der Waals surface area contributed by atoms with E-state index in [-0.39, 0.29) is 5.69 Å². The van der Waals surface area contributed by atoms with Crippen LogP contribution in [0.25, 0.3) is 0 Å². The van der Waals surface area contributed by atoms with Crippen molar-refractivity contribution in [2.45, 2.75) is 13.3 Å². The van der Waals surface area contributed by atoms with Gasteiger partial charge in [0.25, 0.3) is 5.69 Å². The molecule has 0 fully saturated rings. The molecular weight excluding hydrogens is 224 g/mol. The third-order valence-electron chi connectivity index (χ3n) is 1.49. The fraction of sp³-hybridized carbons (Fsp3) is 0.286. The van der Waals surface area contributed by atoms with E-state index in [4.69, 9.17) is 0 Å². The number of nitrogens with zero attached hydrogens (tertiary/aromatic N) is 2. The summed E-state index contributed by atoms with van der Waals surface area (Å²) in [5.41, 5.74) is 0.888. The fourth-order valence-electron chi connectivity index (χ4n) is 0.829. The minimum atomic E-state index is -0.446. The Hall–Kier alpha value is -0.970. The Morgan fingerprint density at radius 2 is 2.42 bits per heavy atom. The van der Waals surface area contributed by atoms with Crippen molar-refractivity contribution >= 4 is 21.6 Å². The van der Waals surface area contributed by atoms with E-state index in [1.54, 1.807) is 0 Å². The minimum absolute atomic E-state index is 0.0371. The Balaban J connectivity index is 3.13. The number of hydrogen-bond donors (Lipinski definition) is 0. The first kappa shape index (κ1) is 9.12. The number of hydrogen-bond acceptors (Lipinski definition) is 3. The molecule has 1 heterocycles. The molecule has 0 aliphatic carbocycles. The largest absolute Gasteiger partial charge is 0.287 e. The van der Waals surface area contributed by atoms with Crippen molar-refractivity contribution in [3.05, 3.63) is 32.5 Å². The summed E-state index contributed by atoms with van der Waals surface area (Å²) in [6.45, 7) is 1.92. The summed E-state index contributed by atoms with van der Waals surface area (Å²) in [5, 5.41) is 10.3. The number of aryl methyl sites for hydroxylation is 1. The molecular formula is C7H7BrN2O2. The van der Waals surface area contributed by atoms with Crippen molar-refractivity contribution < 1.29 is 4.92 Å². The fourth-order valence-corrected chi connectivity index (χ4v) is 1.33. The van der Waals surface area contributed by atoms with E-state index in [0.717, 1.165) is 12.0 Å². The predicted molar refractivity (Wildman–Crippen MR) is 48.0 cm³/mol. The van der Waals surface area contributed by atoms with Gasteiger partial charge < -0.3 is 0 Å². The van der Waals surface area contributed by atoms with Gasteiger partial charge in [-0.05, 0) is 27.9 Å². The first-order valence-electron chi connectivity index (χ1n) is 3.44. The monoisotopic (exact) mass is 230 g/mol. The van der Waals surface area contributed by atoms with E-state index in [2.05, 4.69) is 20.9 Å². The number of rotatable bonds is 2. The topological polar surface area (TPSA) is 56.0 Å². The normalized spacial score (nSPS) is 9.83. The standard InChI is InChI=1S/C7H7BrN2O2/c1-2-5-3-6(10(11)12)4-9-7(5)8/h3-4H,2H2,1H3. The third-order valence-corrected chi connectivity index (χ3v) is 2.20. The molecule has 1 rings (SSSR count). The number of nitro groups is 1. The van der Waals surface area contributed by atoms with Crippen LogP contribution in [0.2, 0.25) is 0 Å². The van der Waals surface area contributed by atoms with Crippen molar-refractivity contribution in [3.63, 3.8) is 0 Å². The second-order valence-electron chi connectivity index (χ2n) is 2.25. The van der Waals surface area contributed by atoms with Crippen LogP contribution in [0, 0.1) is 10.1 Å². The predicted octanol–water partition coefficient (Wildman–Crippen LogP) is 2.31. The number of pyridine rings is 1. The van der Waals surface area contributed by atoms with Crippen LogP contribution in [-0.4, -0.2) is 9.91 Å². The Kier molecular flexibility index (Phi) is 2.75. The molecule has 0 aliphatic rings. The molecule has 12 heavy (non-hydrogen) atoms. The molecule has 64 valence electrons. The zero-order valence-corrected chi connectivity index (χ0v) is 8.04. The molecule has 0 bridgehead atoms. The molecule has 0 N–H and O–H groups in total. The summed E-state index contributed by atoms with van der Waals surface area (Å²) < 4.78 is 0.676. The molecule has 0 saturated heterocycles. The maximum Gasteiger partial charge on any atom is 0.287 e. The van der Waals surface area contributed by atoms with Crippen LogP contribution < -0.4 is 0 Å². The van der Waals surface area contributed by atoms with Crippen molar-refractivity contribution in [3.8, 4) is 0 Å². The first-order chi connectivity index (χ1) is 5.65. The van der Waals surface area contributed by atoms with Gasteiger partial charge in [-0.15, -0.1) is 0 Å². The Morgan fingerprint density at radius 3 is 2.92 bits per heavy atom. The highest BCUT2D eigenvalue weighted by molar-refractivity contribution is 9.10. The van der Waals surface area contributed by atoms with Crippen LogP contribution >= 0.6 is 15.9 Å². The van der Waals surface area contributed by atoms with Crippen LogP contribution in [0.5, 0.6) is 0 Å². The number of halogens is 1. The molecule has 4 nitrogen and oxygen atoms in total. The number of aromatic nitrogens is 1. The van der Waals surface area contributed by atoms with Gasteiger partial charge in [0.2, 0.25) is 0 Å². The Bertz CT molecular complexity index is 314. The zero-order chi connectivity index (χ0) is 9.14. The lowest BCUT2D eigenvalue weighted by Crippen LogP contribution is -1.93. The molecule has 1 aromatic rings. The van der Waals surface area contributed by atoms with Crippen molar-refractivity contribution in [2.75, 3.05) is 0 Å². The highest BCUT2D eigenvalue weighted by atomic mass is 79.9. The Labute approximate surface area is 77.9 Å². The highest BCUT2D eigenvalue weighted by Gasteiger charge is 2.08. The van der Waals surface area contributed by atoms with Crippen molar-refractivity contribution in [2.24, 2.45) is 0 Å². The van der Waals surface area contributed by atoms with E-state index in [0.29, 0.717) is 4.60 Å². The van der Waals surface area contributed by atoms with Gasteiger partial charge in [-0.3, -0.25) is 10.1 Å². The zero-order valence-electron chi connectivity index (χ0n) is 6.45. The molecule has 0 atom stereocenters. The first-order valence-corrected chi connectivity index (χ1v) is 4.23. The van der Waals surface area contributed by atoms with Gasteiger partial charge in [0.05, 0.1) is 4.92 Å². The van der Waals surface area contributed by atoms with Gasteiger partial charge in [0.15, 0.2) is 0 Å². The van der Waals surface area contributed by atoms with E-state index in [9.17, 15) is 10.1 Å². The molecule has 0 amide bonds. The Morgan fingerprint density at radius 1 is 1.75 bits per heavy atom. The van der Waals surface area contributed by atoms with Crippen LogP contribution in [-0.2, 0) is 6.42 Å². The molecule has 0 saturated carbocycles. The van der Waals surface area contributed by atoms with Crippen molar-refractivity contribution in [1.82, 2.24) is 4.98 Å². The molecule has 0 aromatic carbocycles. The van der Waals surface area contributed by atoms with Crippen LogP contribution in [0.1, 0.15) is 12.5 Å². The van der Waals surface area contributed by atoms with Gasteiger partial charge in [0.1, 0.15) is 10.8 Å². The smallest absolute Gasteiger partial charge is 0.258 e. The third kappa shape index (κ3) is 1.79. The van der Waals surface area contributed by atoms with Crippen molar-refractivity contribution in [1.29, 1.82) is 0 Å². The average molecular weight is 231 g/mol. The second-order valence-corrected chi connectivity index (χ2v) is 3.01. The lowest BCUT2D eigenvalue weighted by atomic mass is 10.2. The van der Waals surface area contributed by atoms with Gasteiger partial charge in [0, 0.05) is 6.07 Å².